The molecule has 0 bridgehead atoms. The average Bonchev–Trinajstić information content (AvgIpc) is 3.26. The van der Waals surface area contributed by atoms with Crippen molar-refractivity contribution in [1.82, 2.24) is 20.1 Å². The third-order valence-corrected chi connectivity index (χ3v) is 7.40. The Balaban J connectivity index is 1.57. The molecule has 0 fully saturated rings. The lowest BCUT2D eigenvalue weighted by molar-refractivity contribution is -0.121. The van der Waals surface area contributed by atoms with E-state index < -0.39 is 13.2 Å². The number of nitrogens with zero attached hydrogens (tertiary/aromatic N) is 4. The van der Waals surface area contributed by atoms with E-state index in [2.05, 4.69) is 15.5 Å². The van der Waals surface area contributed by atoms with E-state index in [9.17, 15) is 14.8 Å². The number of nitrogens with one attached hydrogen (secondary N) is 1. The zero-order chi connectivity index (χ0) is 27.5. The van der Waals surface area contributed by atoms with E-state index in [1.165, 1.54) is 11.8 Å². The molecule has 0 saturated carbocycles. The number of rotatable bonds is 8. The molecule has 0 spiro atoms. The molecule has 2 heterocycles. The summed E-state index contributed by atoms with van der Waals surface area (Å²) in [5, 5.41) is 30.6. The average molecular weight is 541 g/mol. The van der Waals surface area contributed by atoms with Gasteiger partial charge in [0.2, 0.25) is 5.91 Å². The van der Waals surface area contributed by atoms with Gasteiger partial charge in [-0.2, -0.15) is 0 Å². The Morgan fingerprint density at radius 2 is 1.87 bits per heavy atom. The number of benzene rings is 3. The van der Waals surface area contributed by atoms with Crippen molar-refractivity contribution in [3.8, 4) is 11.4 Å². The van der Waals surface area contributed by atoms with Gasteiger partial charge in [0.1, 0.15) is 17.6 Å². The number of amides is 1. The highest BCUT2D eigenvalue weighted by atomic mass is 32.2. The summed E-state index contributed by atoms with van der Waals surface area (Å²) in [6.45, 7) is 4.30. The fraction of sp³-hybridized carbons (Fsp3) is 0.214. The lowest BCUT2D eigenvalue weighted by Gasteiger charge is -2.14. The summed E-state index contributed by atoms with van der Waals surface area (Å²) in [5.41, 5.74) is 3.76. The van der Waals surface area contributed by atoms with Crippen LogP contribution >= 0.6 is 11.8 Å². The van der Waals surface area contributed by atoms with Crippen LogP contribution in [-0.2, 0) is 4.79 Å². The largest absolute Gasteiger partial charge is 0.497 e. The highest BCUT2D eigenvalue weighted by Crippen LogP contribution is 2.35. The predicted molar refractivity (Wildman–Crippen MR) is 151 cm³/mol. The van der Waals surface area contributed by atoms with Gasteiger partial charge in [-0.1, -0.05) is 36.0 Å². The first kappa shape index (κ1) is 26.7. The quantitative estimate of drug-likeness (QED) is 0.293. The molecule has 1 unspecified atom stereocenters. The molecule has 0 aliphatic carbocycles. The summed E-state index contributed by atoms with van der Waals surface area (Å²) in [6, 6.07) is 20.4. The van der Waals surface area contributed by atoms with Crippen molar-refractivity contribution in [3.05, 3.63) is 89.5 Å². The summed E-state index contributed by atoms with van der Waals surface area (Å²) < 4.78 is 7.50. The molecule has 5 rings (SSSR count). The third kappa shape index (κ3) is 5.61. The minimum Gasteiger partial charge on any atom is -0.497 e. The first-order valence-electron chi connectivity index (χ1n) is 12.6. The third-order valence-electron chi connectivity index (χ3n) is 6.40. The van der Waals surface area contributed by atoms with Gasteiger partial charge in [-0.25, -0.2) is 0 Å². The van der Waals surface area contributed by atoms with Crippen molar-refractivity contribution in [2.24, 2.45) is 4.99 Å². The van der Waals surface area contributed by atoms with Gasteiger partial charge in [-0.05, 0) is 61.8 Å². The topological polar surface area (TPSA) is 122 Å². The van der Waals surface area contributed by atoms with Crippen molar-refractivity contribution < 1.29 is 19.6 Å². The Bertz CT molecular complexity index is 1540. The standard InChI is InChI=1S/C28H28BN5O4S/c1-4-30-26(35)16-24-28-33-32-17(2)34(28)25-13-10-20(38-3)15-23(25)27(31-24)18-8-11-21(12-9-18)39-22-7-5-6-19(14-22)29(36)37/h5-15,24,36-37H,4,16H2,1-3H3,(H,30,35). The molecule has 11 heteroatoms. The molecule has 3 N–H and O–H groups in total. The van der Waals surface area contributed by atoms with Gasteiger partial charge >= 0.3 is 7.12 Å². The van der Waals surface area contributed by atoms with Gasteiger partial charge in [-0.15, -0.1) is 10.2 Å². The van der Waals surface area contributed by atoms with Gasteiger partial charge in [-0.3, -0.25) is 14.4 Å². The fourth-order valence-electron chi connectivity index (χ4n) is 4.57. The van der Waals surface area contributed by atoms with Crippen LogP contribution in [0.15, 0.2) is 81.5 Å². The molecular weight excluding hydrogens is 513 g/mol. The van der Waals surface area contributed by atoms with E-state index in [0.29, 0.717) is 29.4 Å². The molecule has 1 aliphatic heterocycles. The maximum absolute atomic E-state index is 12.6. The van der Waals surface area contributed by atoms with E-state index >= 15 is 0 Å². The van der Waals surface area contributed by atoms with Crippen LogP contribution in [0.3, 0.4) is 0 Å². The van der Waals surface area contributed by atoms with Gasteiger partial charge in [0.05, 0.1) is 24.9 Å². The van der Waals surface area contributed by atoms with Crippen LogP contribution in [-0.4, -0.2) is 57.2 Å². The number of hydrogen-bond donors (Lipinski definition) is 3. The van der Waals surface area contributed by atoms with E-state index in [0.717, 1.165) is 32.3 Å². The van der Waals surface area contributed by atoms with Crippen LogP contribution in [0.1, 0.15) is 42.2 Å². The Morgan fingerprint density at radius 1 is 1.08 bits per heavy atom. The maximum atomic E-state index is 12.6. The van der Waals surface area contributed by atoms with E-state index in [1.54, 1.807) is 25.3 Å². The number of aryl methyl sites for hydroxylation is 1. The van der Waals surface area contributed by atoms with Crippen molar-refractivity contribution in [2.75, 3.05) is 13.7 Å². The van der Waals surface area contributed by atoms with Crippen LogP contribution in [0.2, 0.25) is 0 Å². The number of fused-ring (bicyclic) bond motifs is 3. The zero-order valence-corrected chi connectivity index (χ0v) is 22.6. The maximum Gasteiger partial charge on any atom is 0.488 e. The second-order valence-corrected chi connectivity index (χ2v) is 10.2. The van der Waals surface area contributed by atoms with Crippen LogP contribution in [0, 0.1) is 6.92 Å². The first-order valence-corrected chi connectivity index (χ1v) is 13.4. The van der Waals surface area contributed by atoms with Crippen LogP contribution in [0.25, 0.3) is 5.69 Å². The molecule has 9 nitrogen and oxygen atoms in total. The molecule has 0 saturated heterocycles. The normalized spacial score (nSPS) is 14.1. The number of carbonyl (C=O) groups excluding carboxylic acids is 1. The number of aromatic nitrogens is 3. The molecule has 1 amide bonds. The van der Waals surface area contributed by atoms with E-state index in [1.807, 2.05) is 66.9 Å². The molecule has 4 aromatic rings. The zero-order valence-electron chi connectivity index (χ0n) is 21.8. The number of carbonyl (C=O) groups is 1. The molecule has 1 aliphatic rings. The Morgan fingerprint density at radius 3 is 2.59 bits per heavy atom. The first-order chi connectivity index (χ1) is 18.9. The molecular formula is C28H28BN5O4S. The Labute approximate surface area is 231 Å². The molecule has 1 atom stereocenters. The second-order valence-electron chi connectivity index (χ2n) is 9.05. The number of ether oxygens (including phenoxy) is 1. The molecule has 0 radical (unpaired) electrons. The minimum atomic E-state index is -1.51. The Hall–Kier alpha value is -3.93. The van der Waals surface area contributed by atoms with Crippen molar-refractivity contribution >= 4 is 36.0 Å². The summed E-state index contributed by atoms with van der Waals surface area (Å²) in [4.78, 5) is 19.6. The highest BCUT2D eigenvalue weighted by molar-refractivity contribution is 7.99. The van der Waals surface area contributed by atoms with E-state index in [-0.39, 0.29) is 12.3 Å². The Kier molecular flexibility index (Phi) is 7.83. The number of methoxy groups -OCH3 is 1. The van der Waals surface area contributed by atoms with Crippen molar-refractivity contribution in [2.45, 2.75) is 36.1 Å². The van der Waals surface area contributed by atoms with Crippen molar-refractivity contribution in [1.29, 1.82) is 0 Å². The smallest absolute Gasteiger partial charge is 0.488 e. The summed E-state index contributed by atoms with van der Waals surface area (Å²) in [5.74, 6) is 1.89. The predicted octanol–water partition coefficient (Wildman–Crippen LogP) is 2.83. The van der Waals surface area contributed by atoms with Crippen LogP contribution < -0.4 is 15.5 Å². The van der Waals surface area contributed by atoms with Gasteiger partial charge in [0, 0.05) is 27.5 Å². The van der Waals surface area contributed by atoms with Gasteiger partial charge in [0.15, 0.2) is 5.82 Å². The summed E-state index contributed by atoms with van der Waals surface area (Å²) in [6.07, 6.45) is 0.140. The van der Waals surface area contributed by atoms with Gasteiger partial charge < -0.3 is 20.1 Å². The highest BCUT2D eigenvalue weighted by Gasteiger charge is 2.30. The van der Waals surface area contributed by atoms with Crippen LogP contribution in [0.4, 0.5) is 0 Å². The molecule has 39 heavy (non-hydrogen) atoms. The molecule has 3 aromatic carbocycles. The van der Waals surface area contributed by atoms with E-state index in [4.69, 9.17) is 9.73 Å². The minimum absolute atomic E-state index is 0.108. The van der Waals surface area contributed by atoms with Gasteiger partial charge in [0.25, 0.3) is 0 Å². The molecule has 198 valence electrons. The molecule has 1 aromatic heterocycles. The lowest BCUT2D eigenvalue weighted by Crippen LogP contribution is -2.29. The van der Waals surface area contributed by atoms with Crippen molar-refractivity contribution in [3.63, 3.8) is 0 Å². The monoisotopic (exact) mass is 541 g/mol. The number of hydrogen-bond acceptors (Lipinski definition) is 8. The summed E-state index contributed by atoms with van der Waals surface area (Å²) >= 11 is 1.52. The summed E-state index contributed by atoms with van der Waals surface area (Å²) in [7, 11) is 0.110. The lowest BCUT2D eigenvalue weighted by atomic mass is 9.80. The fourth-order valence-corrected chi connectivity index (χ4v) is 5.46. The second kappa shape index (κ2) is 11.4. The number of aliphatic imine (C=N–C) groups is 1. The SMILES string of the molecule is CCNC(=O)CC1N=C(c2ccc(Sc3cccc(B(O)O)c3)cc2)c2cc(OC)ccc2-n2c(C)nnc21. The van der Waals surface area contributed by atoms with Crippen LogP contribution in [0.5, 0.6) is 5.75 Å².